The normalized spacial score (nSPS) is 15.2. The molecular formula is C19H18. The van der Waals surface area contributed by atoms with E-state index >= 15 is 0 Å². The van der Waals surface area contributed by atoms with Gasteiger partial charge < -0.3 is 0 Å². The van der Waals surface area contributed by atoms with E-state index in [2.05, 4.69) is 80.6 Å². The number of fused-ring (bicyclic) bond motifs is 1. The second-order valence-corrected chi connectivity index (χ2v) is 5.34. The maximum atomic E-state index is 2.26. The lowest BCUT2D eigenvalue weighted by molar-refractivity contribution is 0.866. The van der Waals surface area contributed by atoms with Crippen LogP contribution in [0.5, 0.6) is 0 Å². The first kappa shape index (κ1) is 12.0. The van der Waals surface area contributed by atoms with Crippen LogP contribution in [0.25, 0.3) is 17.7 Å². The highest BCUT2D eigenvalue weighted by molar-refractivity contribution is 5.97. The monoisotopic (exact) mass is 246 g/mol. The summed E-state index contributed by atoms with van der Waals surface area (Å²) in [6.07, 6.45) is 6.64. The zero-order valence-corrected chi connectivity index (χ0v) is 11.4. The molecule has 0 heteroatoms. The summed E-state index contributed by atoms with van der Waals surface area (Å²) in [4.78, 5) is 0. The Morgan fingerprint density at radius 3 is 2.32 bits per heavy atom. The van der Waals surface area contributed by atoms with Gasteiger partial charge in [-0.05, 0) is 39.8 Å². The first-order chi connectivity index (χ1) is 9.24. The van der Waals surface area contributed by atoms with Crippen LogP contribution in [0.15, 0.2) is 54.6 Å². The van der Waals surface area contributed by atoms with Crippen LogP contribution < -0.4 is 0 Å². The van der Waals surface area contributed by atoms with Crippen LogP contribution in [0, 0.1) is 0 Å². The van der Waals surface area contributed by atoms with E-state index in [-0.39, 0.29) is 0 Å². The lowest BCUT2D eigenvalue weighted by Crippen LogP contribution is -1.86. The fraction of sp³-hybridized carbons (Fsp3) is 0.158. The third-order valence-electron chi connectivity index (χ3n) is 3.64. The number of hydrogen-bond acceptors (Lipinski definition) is 0. The van der Waals surface area contributed by atoms with Gasteiger partial charge in [0.2, 0.25) is 0 Å². The molecule has 19 heavy (non-hydrogen) atoms. The molecule has 0 saturated heterocycles. The number of allylic oxidation sites excluding steroid dienone is 2. The molecule has 0 spiro atoms. The van der Waals surface area contributed by atoms with Crippen molar-refractivity contribution >= 4 is 17.7 Å². The standard InChI is InChI=1S/C19H18/c1-14(2)16-9-7-15(8-10-16)13-18-12-11-17-5-3-4-6-19(17)18/h3-14H,1-2H3/b18-13+. The topological polar surface area (TPSA) is 0 Å². The van der Waals surface area contributed by atoms with Gasteiger partial charge in [-0.25, -0.2) is 0 Å². The smallest absolute Gasteiger partial charge is 0.0111 e. The molecule has 0 aliphatic heterocycles. The molecule has 2 aromatic carbocycles. The van der Waals surface area contributed by atoms with E-state index in [0.717, 1.165) is 0 Å². The van der Waals surface area contributed by atoms with Crippen molar-refractivity contribution < 1.29 is 0 Å². The average Bonchev–Trinajstić information content (AvgIpc) is 2.83. The van der Waals surface area contributed by atoms with Crippen molar-refractivity contribution in [2.45, 2.75) is 19.8 Å². The summed E-state index contributed by atoms with van der Waals surface area (Å²) in [6, 6.07) is 17.4. The molecule has 0 aromatic heterocycles. The van der Waals surface area contributed by atoms with Gasteiger partial charge in [-0.15, -0.1) is 0 Å². The van der Waals surface area contributed by atoms with Crippen LogP contribution in [0.2, 0.25) is 0 Å². The Kier molecular flexibility index (Phi) is 3.08. The predicted molar refractivity (Wildman–Crippen MR) is 83.9 cm³/mol. The van der Waals surface area contributed by atoms with Gasteiger partial charge in [0.05, 0.1) is 0 Å². The molecule has 0 fully saturated rings. The summed E-state index contributed by atoms with van der Waals surface area (Å²) in [6.45, 7) is 4.45. The van der Waals surface area contributed by atoms with Crippen LogP contribution in [0.4, 0.5) is 0 Å². The molecule has 0 radical (unpaired) electrons. The summed E-state index contributed by atoms with van der Waals surface area (Å²) in [5.41, 5.74) is 6.60. The van der Waals surface area contributed by atoms with Gasteiger partial charge in [-0.3, -0.25) is 0 Å². The zero-order chi connectivity index (χ0) is 13.2. The van der Waals surface area contributed by atoms with Gasteiger partial charge in [0.25, 0.3) is 0 Å². The van der Waals surface area contributed by atoms with E-state index in [4.69, 9.17) is 0 Å². The fourth-order valence-corrected chi connectivity index (χ4v) is 2.46. The predicted octanol–water partition coefficient (Wildman–Crippen LogP) is 5.38. The Hall–Kier alpha value is -2.08. The van der Waals surface area contributed by atoms with Crippen molar-refractivity contribution in [3.8, 4) is 0 Å². The quantitative estimate of drug-likeness (QED) is 0.667. The van der Waals surface area contributed by atoms with E-state index in [1.807, 2.05) is 0 Å². The van der Waals surface area contributed by atoms with Crippen LogP contribution in [0.1, 0.15) is 42.0 Å². The molecular weight excluding hydrogens is 228 g/mol. The lowest BCUT2D eigenvalue weighted by Gasteiger charge is -2.05. The van der Waals surface area contributed by atoms with Crippen molar-refractivity contribution in [2.75, 3.05) is 0 Å². The minimum Gasteiger partial charge on any atom is -0.0616 e. The molecule has 0 N–H and O–H groups in total. The molecule has 0 amide bonds. The lowest BCUT2D eigenvalue weighted by atomic mass is 10.00. The first-order valence-corrected chi connectivity index (χ1v) is 6.83. The summed E-state index contributed by atoms with van der Waals surface area (Å²) < 4.78 is 0. The van der Waals surface area contributed by atoms with Gasteiger partial charge in [0.15, 0.2) is 0 Å². The van der Waals surface area contributed by atoms with Crippen LogP contribution >= 0.6 is 0 Å². The van der Waals surface area contributed by atoms with Crippen molar-refractivity contribution in [1.29, 1.82) is 0 Å². The average molecular weight is 246 g/mol. The summed E-state index contributed by atoms with van der Waals surface area (Å²) >= 11 is 0. The molecule has 1 aliphatic carbocycles. The minimum absolute atomic E-state index is 0.591. The molecule has 0 atom stereocenters. The van der Waals surface area contributed by atoms with Crippen LogP contribution in [-0.4, -0.2) is 0 Å². The van der Waals surface area contributed by atoms with E-state index in [0.29, 0.717) is 5.92 Å². The molecule has 3 rings (SSSR count). The molecule has 1 aliphatic rings. The van der Waals surface area contributed by atoms with Gasteiger partial charge >= 0.3 is 0 Å². The van der Waals surface area contributed by atoms with Gasteiger partial charge in [-0.1, -0.05) is 74.5 Å². The number of rotatable bonds is 2. The second kappa shape index (κ2) is 4.89. The van der Waals surface area contributed by atoms with Crippen molar-refractivity contribution in [3.63, 3.8) is 0 Å². The number of hydrogen-bond donors (Lipinski definition) is 0. The van der Waals surface area contributed by atoms with E-state index in [9.17, 15) is 0 Å². The Morgan fingerprint density at radius 2 is 1.58 bits per heavy atom. The maximum Gasteiger partial charge on any atom is -0.0111 e. The summed E-state index contributed by atoms with van der Waals surface area (Å²) in [5.74, 6) is 0.591. The highest BCUT2D eigenvalue weighted by Crippen LogP contribution is 2.30. The largest absolute Gasteiger partial charge is 0.0616 e. The third kappa shape index (κ3) is 2.39. The minimum atomic E-state index is 0.591. The zero-order valence-electron chi connectivity index (χ0n) is 11.4. The highest BCUT2D eigenvalue weighted by atomic mass is 14.1. The Labute approximate surface area is 115 Å². The van der Waals surface area contributed by atoms with Gasteiger partial charge in [-0.2, -0.15) is 0 Å². The maximum absolute atomic E-state index is 2.26. The Morgan fingerprint density at radius 1 is 0.842 bits per heavy atom. The molecule has 0 bridgehead atoms. The Balaban J connectivity index is 1.93. The Bertz CT molecular complexity index is 640. The van der Waals surface area contributed by atoms with E-state index in [1.165, 1.54) is 27.8 Å². The van der Waals surface area contributed by atoms with Crippen molar-refractivity contribution in [1.82, 2.24) is 0 Å². The summed E-state index contributed by atoms with van der Waals surface area (Å²) in [5, 5.41) is 0. The number of benzene rings is 2. The molecule has 0 heterocycles. The second-order valence-electron chi connectivity index (χ2n) is 5.34. The molecule has 0 nitrogen and oxygen atoms in total. The van der Waals surface area contributed by atoms with Crippen molar-refractivity contribution in [3.05, 3.63) is 76.9 Å². The highest BCUT2D eigenvalue weighted by Gasteiger charge is 2.08. The van der Waals surface area contributed by atoms with Crippen LogP contribution in [-0.2, 0) is 0 Å². The third-order valence-corrected chi connectivity index (χ3v) is 3.64. The fourth-order valence-electron chi connectivity index (χ4n) is 2.46. The first-order valence-electron chi connectivity index (χ1n) is 6.83. The van der Waals surface area contributed by atoms with Crippen LogP contribution in [0.3, 0.4) is 0 Å². The molecule has 0 unspecified atom stereocenters. The van der Waals surface area contributed by atoms with E-state index < -0.39 is 0 Å². The molecule has 2 aromatic rings. The van der Waals surface area contributed by atoms with E-state index in [1.54, 1.807) is 0 Å². The SMILES string of the molecule is CC(C)c1ccc(/C=C2\C=Cc3ccccc32)cc1. The van der Waals surface area contributed by atoms with Gasteiger partial charge in [0.1, 0.15) is 0 Å². The van der Waals surface area contributed by atoms with Gasteiger partial charge in [0, 0.05) is 0 Å². The molecule has 0 saturated carbocycles. The van der Waals surface area contributed by atoms with Crippen molar-refractivity contribution in [2.24, 2.45) is 0 Å². The summed E-state index contributed by atoms with van der Waals surface area (Å²) in [7, 11) is 0. The molecule has 94 valence electrons.